The molecular weight excluding hydrogens is 312 g/mol. The van der Waals surface area contributed by atoms with Crippen molar-refractivity contribution < 1.29 is 13.5 Å². The number of benzene rings is 1. The van der Waals surface area contributed by atoms with Gasteiger partial charge in [0.1, 0.15) is 0 Å². The fourth-order valence-electron chi connectivity index (χ4n) is 2.13. The average molecular weight is 329 g/mol. The third-order valence-corrected chi connectivity index (χ3v) is 5.15. The number of sulfonamides is 1. The maximum absolute atomic E-state index is 12.5. The molecule has 0 spiro atoms. The summed E-state index contributed by atoms with van der Waals surface area (Å²) in [5, 5.41) is 9.87. The average Bonchev–Trinajstić information content (AvgIpc) is 2.47. The Morgan fingerprint density at radius 3 is 2.81 bits per heavy atom. The molecule has 7 heteroatoms. The Balaban J connectivity index is 2.48. The summed E-state index contributed by atoms with van der Waals surface area (Å²) in [5.74, 6) is 0. The van der Waals surface area contributed by atoms with Gasteiger partial charge in [-0.25, -0.2) is 13.1 Å². The highest BCUT2D eigenvalue weighted by molar-refractivity contribution is 7.89. The van der Waals surface area contributed by atoms with E-state index in [0.29, 0.717) is 28.8 Å². The van der Waals surface area contributed by atoms with E-state index in [9.17, 15) is 8.42 Å². The van der Waals surface area contributed by atoms with Gasteiger partial charge in [0, 0.05) is 24.2 Å². The van der Waals surface area contributed by atoms with E-state index in [2.05, 4.69) is 9.71 Å². The highest BCUT2D eigenvalue weighted by Gasteiger charge is 2.22. The molecule has 1 unspecified atom stereocenters. The molecule has 0 aliphatic heterocycles. The second-order valence-corrected chi connectivity index (χ2v) is 6.77. The molecule has 0 radical (unpaired) electrons. The summed E-state index contributed by atoms with van der Waals surface area (Å²) >= 11 is 6.05. The molecule has 1 aromatic heterocycles. The standard InChI is InChI=1S/C14H17ClN2O3S/c1-2-10(7-9-18)17-21(19,20)13-6-5-12(15)14-11(13)4-3-8-16-14/h3-6,8,10,17-18H,2,7,9H2,1H3. The minimum Gasteiger partial charge on any atom is -0.396 e. The van der Waals surface area contributed by atoms with E-state index in [4.69, 9.17) is 16.7 Å². The van der Waals surface area contributed by atoms with Crippen LogP contribution in [0.15, 0.2) is 35.4 Å². The van der Waals surface area contributed by atoms with Crippen molar-refractivity contribution in [3.8, 4) is 0 Å². The Morgan fingerprint density at radius 2 is 2.14 bits per heavy atom. The lowest BCUT2D eigenvalue weighted by molar-refractivity contribution is 0.270. The van der Waals surface area contributed by atoms with Gasteiger partial charge in [-0.15, -0.1) is 0 Å². The molecule has 1 aromatic carbocycles. The molecule has 2 aromatic rings. The lowest BCUT2D eigenvalue weighted by Crippen LogP contribution is -2.35. The van der Waals surface area contributed by atoms with Gasteiger partial charge in [-0.1, -0.05) is 18.5 Å². The number of aliphatic hydroxyl groups excluding tert-OH is 1. The minimum absolute atomic E-state index is 0.0655. The van der Waals surface area contributed by atoms with Crippen molar-refractivity contribution in [3.63, 3.8) is 0 Å². The van der Waals surface area contributed by atoms with Gasteiger partial charge in [-0.2, -0.15) is 0 Å². The predicted octanol–water partition coefficient (Wildman–Crippen LogP) is 2.33. The Morgan fingerprint density at radius 1 is 1.38 bits per heavy atom. The van der Waals surface area contributed by atoms with Crippen LogP contribution in [-0.4, -0.2) is 31.2 Å². The Kier molecular flexibility index (Phi) is 5.16. The highest BCUT2D eigenvalue weighted by atomic mass is 35.5. The van der Waals surface area contributed by atoms with Crippen LogP contribution in [0.4, 0.5) is 0 Å². The molecule has 2 rings (SSSR count). The first-order valence-electron chi connectivity index (χ1n) is 6.66. The Bertz CT molecular complexity index is 734. The Labute approximate surface area is 129 Å². The van der Waals surface area contributed by atoms with E-state index >= 15 is 0 Å². The van der Waals surface area contributed by atoms with Gasteiger partial charge in [0.2, 0.25) is 10.0 Å². The van der Waals surface area contributed by atoms with Crippen LogP contribution in [0.25, 0.3) is 10.9 Å². The highest BCUT2D eigenvalue weighted by Crippen LogP contribution is 2.27. The third kappa shape index (κ3) is 3.52. The van der Waals surface area contributed by atoms with Crippen LogP contribution >= 0.6 is 11.6 Å². The maximum Gasteiger partial charge on any atom is 0.241 e. The van der Waals surface area contributed by atoms with Crippen molar-refractivity contribution >= 4 is 32.5 Å². The van der Waals surface area contributed by atoms with Crippen LogP contribution in [0.2, 0.25) is 5.02 Å². The summed E-state index contributed by atoms with van der Waals surface area (Å²) in [6, 6.07) is 6.04. The fraction of sp³-hybridized carbons (Fsp3) is 0.357. The van der Waals surface area contributed by atoms with Crippen molar-refractivity contribution in [2.45, 2.75) is 30.7 Å². The van der Waals surface area contributed by atoms with Crippen molar-refractivity contribution in [1.82, 2.24) is 9.71 Å². The monoisotopic (exact) mass is 328 g/mol. The SMILES string of the molecule is CCC(CCO)NS(=O)(=O)c1ccc(Cl)c2ncccc12. The van der Waals surface area contributed by atoms with Gasteiger partial charge in [0.15, 0.2) is 0 Å². The number of rotatable bonds is 6. The number of fused-ring (bicyclic) bond motifs is 1. The van der Waals surface area contributed by atoms with E-state index in [1.54, 1.807) is 18.3 Å². The molecule has 0 aliphatic carbocycles. The minimum atomic E-state index is -3.70. The lowest BCUT2D eigenvalue weighted by atomic mass is 10.2. The largest absolute Gasteiger partial charge is 0.396 e. The topological polar surface area (TPSA) is 79.3 Å². The summed E-state index contributed by atoms with van der Waals surface area (Å²) in [4.78, 5) is 4.27. The smallest absolute Gasteiger partial charge is 0.241 e. The third-order valence-electron chi connectivity index (χ3n) is 3.26. The molecule has 1 heterocycles. The van der Waals surface area contributed by atoms with Gasteiger partial charge in [-0.05, 0) is 37.1 Å². The van der Waals surface area contributed by atoms with Crippen molar-refractivity contribution in [2.75, 3.05) is 6.61 Å². The van der Waals surface area contributed by atoms with Crippen LogP contribution < -0.4 is 4.72 Å². The fourth-order valence-corrected chi connectivity index (χ4v) is 3.90. The summed E-state index contributed by atoms with van der Waals surface area (Å²) in [6.07, 6.45) is 2.54. The molecule has 0 saturated carbocycles. The van der Waals surface area contributed by atoms with Crippen molar-refractivity contribution in [1.29, 1.82) is 0 Å². The van der Waals surface area contributed by atoms with Crippen LogP contribution in [0.3, 0.4) is 0 Å². The molecular formula is C14H17ClN2O3S. The second-order valence-electron chi connectivity index (χ2n) is 4.68. The molecule has 2 N–H and O–H groups in total. The second kappa shape index (κ2) is 6.70. The number of pyridine rings is 1. The summed E-state index contributed by atoms with van der Waals surface area (Å²) < 4.78 is 27.7. The zero-order valence-electron chi connectivity index (χ0n) is 11.6. The summed E-state index contributed by atoms with van der Waals surface area (Å²) in [5.41, 5.74) is 0.456. The maximum atomic E-state index is 12.5. The van der Waals surface area contributed by atoms with Gasteiger partial charge >= 0.3 is 0 Å². The Hall–Kier alpha value is -1.21. The van der Waals surface area contributed by atoms with E-state index in [1.165, 1.54) is 12.1 Å². The van der Waals surface area contributed by atoms with E-state index in [-0.39, 0.29) is 17.5 Å². The number of aromatic nitrogens is 1. The predicted molar refractivity (Wildman–Crippen MR) is 82.9 cm³/mol. The normalized spacial score (nSPS) is 13.5. The van der Waals surface area contributed by atoms with Gasteiger partial charge in [-0.3, -0.25) is 4.98 Å². The molecule has 0 amide bonds. The van der Waals surface area contributed by atoms with Crippen LogP contribution in [0, 0.1) is 0 Å². The van der Waals surface area contributed by atoms with Gasteiger partial charge < -0.3 is 5.11 Å². The lowest BCUT2D eigenvalue weighted by Gasteiger charge is -2.17. The first-order chi connectivity index (χ1) is 9.99. The zero-order chi connectivity index (χ0) is 15.5. The molecule has 0 aliphatic rings. The summed E-state index contributed by atoms with van der Waals surface area (Å²) in [7, 11) is -3.70. The van der Waals surface area contributed by atoms with Crippen molar-refractivity contribution in [2.24, 2.45) is 0 Å². The number of aliphatic hydroxyl groups is 1. The van der Waals surface area contributed by atoms with Crippen molar-refractivity contribution in [3.05, 3.63) is 35.5 Å². The van der Waals surface area contributed by atoms with Crippen LogP contribution in [0.1, 0.15) is 19.8 Å². The van der Waals surface area contributed by atoms with Crippen LogP contribution in [-0.2, 0) is 10.0 Å². The molecule has 5 nitrogen and oxygen atoms in total. The molecule has 0 bridgehead atoms. The van der Waals surface area contributed by atoms with Gasteiger partial charge in [0.05, 0.1) is 15.4 Å². The molecule has 0 saturated heterocycles. The van der Waals surface area contributed by atoms with E-state index in [0.717, 1.165) is 0 Å². The van der Waals surface area contributed by atoms with E-state index in [1.807, 2.05) is 6.92 Å². The first-order valence-corrected chi connectivity index (χ1v) is 8.52. The molecule has 114 valence electrons. The zero-order valence-corrected chi connectivity index (χ0v) is 13.2. The number of hydrogen-bond acceptors (Lipinski definition) is 4. The van der Waals surface area contributed by atoms with Crippen LogP contribution in [0.5, 0.6) is 0 Å². The number of hydrogen-bond donors (Lipinski definition) is 2. The molecule has 0 fully saturated rings. The number of halogens is 1. The number of nitrogens with zero attached hydrogens (tertiary/aromatic N) is 1. The summed E-state index contributed by atoms with van der Waals surface area (Å²) in [6.45, 7) is 1.80. The number of nitrogens with one attached hydrogen (secondary N) is 1. The van der Waals surface area contributed by atoms with Gasteiger partial charge in [0.25, 0.3) is 0 Å². The molecule has 1 atom stereocenters. The quantitative estimate of drug-likeness (QED) is 0.853. The van der Waals surface area contributed by atoms with E-state index < -0.39 is 10.0 Å². The molecule has 21 heavy (non-hydrogen) atoms. The first kappa shape index (κ1) is 16.2.